The number of nitrogens with zero attached hydrogens (tertiary/aromatic N) is 8. The molecule has 3 aromatic rings. The minimum absolute atomic E-state index is 0.0675. The topological polar surface area (TPSA) is 107 Å². The predicted molar refractivity (Wildman–Crippen MR) is 78.8 cm³/mol. The van der Waals surface area contributed by atoms with Gasteiger partial charge < -0.3 is 14.7 Å². The average molecular weight is 314 g/mol. The van der Waals surface area contributed by atoms with E-state index in [1.807, 2.05) is 0 Å². The molecule has 10 heteroatoms. The van der Waals surface area contributed by atoms with Crippen molar-refractivity contribution in [2.24, 2.45) is 0 Å². The number of rotatable bonds is 3. The summed E-state index contributed by atoms with van der Waals surface area (Å²) in [5.74, 6) is 1.18. The molecule has 0 amide bonds. The first-order chi connectivity index (χ1) is 11.3. The van der Waals surface area contributed by atoms with Crippen LogP contribution >= 0.6 is 0 Å². The van der Waals surface area contributed by atoms with Crippen LogP contribution in [0.4, 0.5) is 5.82 Å². The van der Waals surface area contributed by atoms with E-state index in [0.29, 0.717) is 24.7 Å². The first-order valence-electron chi connectivity index (χ1n) is 7.12. The first kappa shape index (κ1) is 13.6. The Morgan fingerprint density at radius 1 is 1.13 bits per heavy atom. The summed E-state index contributed by atoms with van der Waals surface area (Å²) in [7, 11) is 0. The molecule has 1 saturated heterocycles. The molecule has 0 spiro atoms. The van der Waals surface area contributed by atoms with Gasteiger partial charge in [0, 0.05) is 19.2 Å². The molecule has 1 aliphatic rings. The Kier molecular flexibility index (Phi) is 3.35. The summed E-state index contributed by atoms with van der Waals surface area (Å²) in [6.45, 7) is 2.88. The largest absolute Gasteiger partial charge is 0.492 e. The van der Waals surface area contributed by atoms with Crippen molar-refractivity contribution in [1.82, 2.24) is 34.7 Å². The smallest absolute Gasteiger partial charge is 0.242 e. The molecule has 0 radical (unpaired) electrons. The van der Waals surface area contributed by atoms with Crippen molar-refractivity contribution >= 4 is 5.82 Å². The van der Waals surface area contributed by atoms with Gasteiger partial charge in [-0.25, -0.2) is 14.6 Å². The zero-order valence-electron chi connectivity index (χ0n) is 12.1. The van der Waals surface area contributed by atoms with Crippen LogP contribution in [0.25, 0.3) is 11.5 Å². The molecule has 0 unspecified atom stereocenters. The van der Waals surface area contributed by atoms with E-state index in [0.717, 1.165) is 18.9 Å². The third-order valence-corrected chi connectivity index (χ3v) is 3.58. The van der Waals surface area contributed by atoms with Gasteiger partial charge >= 0.3 is 0 Å². The van der Waals surface area contributed by atoms with Gasteiger partial charge in [0.05, 0.1) is 31.8 Å². The van der Waals surface area contributed by atoms with Crippen LogP contribution in [0, 0.1) is 0 Å². The zero-order chi connectivity index (χ0) is 15.6. The van der Waals surface area contributed by atoms with Gasteiger partial charge in [-0.3, -0.25) is 0 Å². The number of anilines is 1. The standard InChI is InChI=1S/C13H14N8O2/c22-13-10(20-2-1-16-18-20)8-17-21(13)12-7-11(14-9-15-12)19-3-5-23-6-4-19/h1-2,7-9,22H,3-6H2. The molecule has 1 aliphatic heterocycles. The van der Waals surface area contributed by atoms with E-state index in [9.17, 15) is 5.11 Å². The molecule has 0 aromatic carbocycles. The first-order valence-corrected chi connectivity index (χ1v) is 7.12. The third kappa shape index (κ3) is 2.48. The molecule has 0 aliphatic carbocycles. The highest BCUT2D eigenvalue weighted by atomic mass is 16.5. The molecule has 118 valence electrons. The lowest BCUT2D eigenvalue weighted by Crippen LogP contribution is -2.36. The SMILES string of the molecule is Oc1c(-n2ccnn2)cnn1-c1cc(N2CCOCC2)ncn1. The Balaban J connectivity index is 1.68. The van der Waals surface area contributed by atoms with Crippen molar-refractivity contribution in [1.29, 1.82) is 0 Å². The molecule has 0 atom stereocenters. The Morgan fingerprint density at radius 2 is 1.96 bits per heavy atom. The van der Waals surface area contributed by atoms with Crippen molar-refractivity contribution < 1.29 is 9.84 Å². The summed E-state index contributed by atoms with van der Waals surface area (Å²) in [5.41, 5.74) is 0.425. The van der Waals surface area contributed by atoms with Crippen LogP contribution < -0.4 is 4.90 Å². The monoisotopic (exact) mass is 314 g/mol. The summed E-state index contributed by atoms with van der Waals surface area (Å²) < 4.78 is 8.11. The average Bonchev–Trinajstić information content (AvgIpc) is 3.25. The Morgan fingerprint density at radius 3 is 2.74 bits per heavy atom. The lowest BCUT2D eigenvalue weighted by atomic mass is 10.4. The molecule has 4 heterocycles. The number of hydrogen-bond acceptors (Lipinski definition) is 8. The summed E-state index contributed by atoms with van der Waals surface area (Å²) in [4.78, 5) is 10.6. The van der Waals surface area contributed by atoms with E-state index >= 15 is 0 Å². The van der Waals surface area contributed by atoms with Crippen molar-refractivity contribution in [2.75, 3.05) is 31.2 Å². The summed E-state index contributed by atoms with van der Waals surface area (Å²) in [6.07, 6.45) is 6.11. The van der Waals surface area contributed by atoms with Gasteiger partial charge in [-0.1, -0.05) is 5.21 Å². The van der Waals surface area contributed by atoms with E-state index in [-0.39, 0.29) is 5.88 Å². The second kappa shape index (κ2) is 5.65. The van der Waals surface area contributed by atoms with E-state index < -0.39 is 0 Å². The van der Waals surface area contributed by atoms with E-state index in [1.165, 1.54) is 28.1 Å². The van der Waals surface area contributed by atoms with Crippen LogP contribution in [0.5, 0.6) is 5.88 Å². The Bertz CT molecular complexity index is 794. The van der Waals surface area contributed by atoms with Crippen molar-refractivity contribution in [2.45, 2.75) is 0 Å². The van der Waals surface area contributed by atoms with Gasteiger partial charge in [0.1, 0.15) is 17.8 Å². The summed E-state index contributed by atoms with van der Waals surface area (Å²) >= 11 is 0. The minimum Gasteiger partial charge on any atom is -0.492 e. The van der Waals surface area contributed by atoms with Crippen molar-refractivity contribution in [3.05, 3.63) is 31.0 Å². The zero-order valence-corrected chi connectivity index (χ0v) is 12.1. The van der Waals surface area contributed by atoms with Gasteiger partial charge in [-0.05, 0) is 0 Å². The van der Waals surface area contributed by atoms with Gasteiger partial charge in [0.25, 0.3) is 0 Å². The summed E-state index contributed by atoms with van der Waals surface area (Å²) in [6, 6.07) is 1.78. The lowest BCUT2D eigenvalue weighted by molar-refractivity contribution is 0.122. The molecule has 0 saturated carbocycles. The lowest BCUT2D eigenvalue weighted by Gasteiger charge is -2.27. The minimum atomic E-state index is -0.0675. The number of morpholine rings is 1. The number of hydrogen-bond donors (Lipinski definition) is 1. The highest BCUT2D eigenvalue weighted by Crippen LogP contribution is 2.24. The van der Waals surface area contributed by atoms with Crippen LogP contribution in [0.1, 0.15) is 0 Å². The van der Waals surface area contributed by atoms with Crippen LogP contribution in [0.3, 0.4) is 0 Å². The molecular formula is C13H14N8O2. The van der Waals surface area contributed by atoms with Crippen LogP contribution in [0.2, 0.25) is 0 Å². The maximum Gasteiger partial charge on any atom is 0.242 e. The van der Waals surface area contributed by atoms with E-state index in [1.54, 1.807) is 12.3 Å². The molecule has 0 bridgehead atoms. The molecule has 10 nitrogen and oxygen atoms in total. The molecule has 23 heavy (non-hydrogen) atoms. The van der Waals surface area contributed by atoms with Gasteiger partial charge in [0.2, 0.25) is 5.88 Å². The third-order valence-electron chi connectivity index (χ3n) is 3.58. The molecular weight excluding hydrogens is 300 g/mol. The highest BCUT2D eigenvalue weighted by Gasteiger charge is 2.17. The Hall–Kier alpha value is -3.01. The fraction of sp³-hybridized carbons (Fsp3) is 0.308. The second-order valence-electron chi connectivity index (χ2n) is 4.95. The second-order valence-corrected chi connectivity index (χ2v) is 4.95. The molecule has 1 N–H and O–H groups in total. The van der Waals surface area contributed by atoms with Crippen LogP contribution in [0.15, 0.2) is 31.0 Å². The molecule has 1 fully saturated rings. The fourth-order valence-corrected chi connectivity index (χ4v) is 2.42. The molecule has 3 aromatic heterocycles. The van der Waals surface area contributed by atoms with Gasteiger partial charge in [-0.15, -0.1) is 5.10 Å². The highest BCUT2D eigenvalue weighted by molar-refractivity contribution is 5.47. The van der Waals surface area contributed by atoms with Crippen LogP contribution in [-0.4, -0.2) is 66.2 Å². The van der Waals surface area contributed by atoms with Crippen molar-refractivity contribution in [3.63, 3.8) is 0 Å². The summed E-state index contributed by atoms with van der Waals surface area (Å²) in [5, 5.41) is 22.1. The maximum atomic E-state index is 10.4. The molecule has 4 rings (SSSR count). The number of aromatic nitrogens is 7. The normalized spacial score (nSPS) is 15.0. The van der Waals surface area contributed by atoms with E-state index in [2.05, 4.69) is 30.3 Å². The van der Waals surface area contributed by atoms with E-state index in [4.69, 9.17) is 4.74 Å². The van der Waals surface area contributed by atoms with Gasteiger partial charge in [0.15, 0.2) is 5.82 Å². The van der Waals surface area contributed by atoms with Crippen LogP contribution in [-0.2, 0) is 4.74 Å². The Labute approximate surface area is 131 Å². The van der Waals surface area contributed by atoms with Crippen molar-refractivity contribution in [3.8, 4) is 17.4 Å². The number of ether oxygens (including phenoxy) is 1. The number of aromatic hydroxyl groups is 1. The maximum absolute atomic E-state index is 10.4. The van der Waals surface area contributed by atoms with Gasteiger partial charge in [-0.2, -0.15) is 9.78 Å². The quantitative estimate of drug-likeness (QED) is 0.707. The predicted octanol–water partition coefficient (Wildman–Crippen LogP) is -0.215. The fourth-order valence-electron chi connectivity index (χ4n) is 2.42.